The highest BCUT2D eigenvalue weighted by molar-refractivity contribution is 6.32. The second-order valence-electron chi connectivity index (χ2n) is 20.6. The predicted molar refractivity (Wildman–Crippen MR) is 270 cm³/mol. The number of hydrogen-bond acceptors (Lipinski definition) is 11. The summed E-state index contributed by atoms with van der Waals surface area (Å²) < 4.78 is 17.8. The Kier molecular flexibility index (Phi) is 19.8. The number of hydrogen-bond donors (Lipinski definition) is 7. The van der Waals surface area contributed by atoms with Crippen LogP contribution in [0.15, 0.2) is 54.6 Å². The molecule has 1 spiro atoms. The first kappa shape index (κ1) is 56.9. The Morgan fingerprint density at radius 1 is 0.861 bits per heavy atom. The molecule has 1 saturated carbocycles. The summed E-state index contributed by atoms with van der Waals surface area (Å²) in [6, 6.07) is 8.84. The molecule has 19 heteroatoms. The summed E-state index contributed by atoms with van der Waals surface area (Å²) in [6.07, 6.45) is 3.61. The second-order valence-corrected chi connectivity index (χ2v) is 21.0. The van der Waals surface area contributed by atoms with Crippen molar-refractivity contribution in [2.75, 3.05) is 14.2 Å². The van der Waals surface area contributed by atoms with Crippen molar-refractivity contribution in [3.8, 4) is 5.75 Å². The van der Waals surface area contributed by atoms with Gasteiger partial charge < -0.3 is 51.4 Å². The average Bonchev–Trinajstić information content (AvgIpc) is 4.28. The minimum absolute atomic E-state index is 0.0111. The third-order valence-electron chi connectivity index (χ3n) is 13.9. The van der Waals surface area contributed by atoms with Crippen LogP contribution in [-0.4, -0.2) is 103 Å². The SMILES string of the molecule is CNC(=O)CCCC(=O)N[C@H](C(=O)N[C@@H](C)C(=O)NCc1ccc([C@H]2O[C@@H]2[C@@H](C)[C@@H]2C/C=C/C(=O)N[C@H](Cc3ccc(OC)c(Cl)c3)C(=O)NC3(CC3)C(C)(C)C(=O)N[C@@H](CC(C)C)C(=O)O2)cc1)C(C)C. The van der Waals surface area contributed by atoms with E-state index in [1.54, 1.807) is 58.9 Å². The summed E-state index contributed by atoms with van der Waals surface area (Å²) in [4.78, 5) is 106. The van der Waals surface area contributed by atoms with Crippen LogP contribution < -0.4 is 42.0 Å². The van der Waals surface area contributed by atoms with Crippen LogP contribution in [0.4, 0.5) is 0 Å². The Morgan fingerprint density at radius 3 is 2.14 bits per heavy atom. The van der Waals surface area contributed by atoms with Crippen molar-refractivity contribution in [2.45, 2.75) is 161 Å². The molecule has 1 aliphatic carbocycles. The maximum atomic E-state index is 14.2. The third-order valence-corrected chi connectivity index (χ3v) is 14.2. The third kappa shape index (κ3) is 15.3. The molecule has 2 heterocycles. The Labute approximate surface area is 428 Å². The minimum Gasteiger partial charge on any atom is -0.495 e. The topological polar surface area (TPSA) is 252 Å². The van der Waals surface area contributed by atoms with E-state index in [0.717, 1.165) is 11.1 Å². The predicted octanol–water partition coefficient (Wildman–Crippen LogP) is 4.41. The first-order valence-electron chi connectivity index (χ1n) is 24.9. The highest BCUT2D eigenvalue weighted by Gasteiger charge is 2.60. The first-order valence-corrected chi connectivity index (χ1v) is 25.3. The van der Waals surface area contributed by atoms with E-state index in [-0.39, 0.29) is 74.0 Å². The fourth-order valence-electron chi connectivity index (χ4n) is 8.86. The lowest BCUT2D eigenvalue weighted by Crippen LogP contribution is -2.60. The molecule has 7 amide bonds. The van der Waals surface area contributed by atoms with E-state index < -0.39 is 76.7 Å². The van der Waals surface area contributed by atoms with Gasteiger partial charge in [0.25, 0.3) is 0 Å². The fourth-order valence-corrected chi connectivity index (χ4v) is 9.14. The molecule has 8 atom stereocenters. The smallest absolute Gasteiger partial charge is 0.328 e. The zero-order chi connectivity index (χ0) is 53.1. The lowest BCUT2D eigenvalue weighted by Gasteiger charge is -2.36. The Balaban J connectivity index is 1.25. The average molecular weight is 1020 g/mol. The van der Waals surface area contributed by atoms with E-state index in [1.165, 1.54) is 20.2 Å². The summed E-state index contributed by atoms with van der Waals surface area (Å²) in [5.41, 5.74) is 0.252. The largest absolute Gasteiger partial charge is 0.495 e. The van der Waals surface area contributed by atoms with Gasteiger partial charge in [0.2, 0.25) is 41.4 Å². The number of rotatable bonds is 19. The Bertz CT molecular complexity index is 2330. The zero-order valence-electron chi connectivity index (χ0n) is 43.2. The maximum absolute atomic E-state index is 14.2. The molecule has 2 aromatic carbocycles. The van der Waals surface area contributed by atoms with E-state index in [1.807, 2.05) is 45.0 Å². The molecule has 394 valence electrons. The highest BCUT2D eigenvalue weighted by atomic mass is 35.5. The molecule has 2 fully saturated rings. The van der Waals surface area contributed by atoms with Gasteiger partial charge in [0.05, 0.1) is 29.2 Å². The Hall–Kier alpha value is -6.01. The van der Waals surface area contributed by atoms with E-state index in [9.17, 15) is 38.4 Å². The number of carbonyl (C=O) groups excluding carboxylic acids is 8. The molecule has 72 heavy (non-hydrogen) atoms. The van der Waals surface area contributed by atoms with Gasteiger partial charge in [-0.25, -0.2) is 4.79 Å². The van der Waals surface area contributed by atoms with Crippen LogP contribution in [0, 0.1) is 23.2 Å². The highest BCUT2D eigenvalue weighted by Crippen LogP contribution is 2.50. The van der Waals surface area contributed by atoms with Crippen molar-refractivity contribution in [3.63, 3.8) is 0 Å². The summed E-state index contributed by atoms with van der Waals surface area (Å²) in [5, 5.41) is 20.0. The van der Waals surface area contributed by atoms with Crippen LogP contribution in [0.3, 0.4) is 0 Å². The van der Waals surface area contributed by atoms with Gasteiger partial charge in [-0.3, -0.25) is 33.6 Å². The molecule has 0 unspecified atom stereocenters. The van der Waals surface area contributed by atoms with Crippen molar-refractivity contribution >= 4 is 58.9 Å². The monoisotopic (exact) mass is 1020 g/mol. The standard InChI is InChI=1S/C53H74ClN7O11/c1-29(2)25-38-50(68)71-39(13-11-15-42(63)58-37(27-34-19-22-40(70-10)36(54)26-34)48(66)61-53(23-24-53)52(7,8)51(69)59-38)31(5)45-46(72-45)35-20-17-33(18-21-35)28-56-47(65)32(6)57-49(67)44(30(3)4)60-43(64)16-12-14-41(62)55-9/h11,15,17-22,26,29-32,37-39,44-46H,12-14,16,23-25,27-28H2,1-10H3,(H,55,62)(H,56,65)(H,57,67)(H,58,63)(H,59,69)(H,60,64)(H,61,66)/b15-11+/t31-,32-,37+,38-,39-,44-,45+,46+/m0/s1. The van der Waals surface area contributed by atoms with Gasteiger partial charge in [-0.05, 0) is 93.2 Å². The zero-order valence-corrected chi connectivity index (χ0v) is 44.0. The number of nitrogens with one attached hydrogen (secondary N) is 7. The number of benzene rings is 2. The van der Waals surface area contributed by atoms with Gasteiger partial charge in [0.1, 0.15) is 42.1 Å². The normalized spacial score (nSPS) is 23.5. The van der Waals surface area contributed by atoms with Crippen molar-refractivity contribution < 1.29 is 52.6 Å². The van der Waals surface area contributed by atoms with Crippen LogP contribution in [0.1, 0.15) is 123 Å². The first-order chi connectivity index (χ1) is 34.0. The molecule has 5 rings (SSSR count). The van der Waals surface area contributed by atoms with E-state index in [0.29, 0.717) is 42.0 Å². The number of carbonyl (C=O) groups is 8. The van der Waals surface area contributed by atoms with Gasteiger partial charge >= 0.3 is 5.97 Å². The van der Waals surface area contributed by atoms with Gasteiger partial charge in [-0.15, -0.1) is 0 Å². The molecule has 18 nitrogen and oxygen atoms in total. The summed E-state index contributed by atoms with van der Waals surface area (Å²) in [6.45, 7) is 14.6. The summed E-state index contributed by atoms with van der Waals surface area (Å²) in [5.74, 6) is -3.64. The number of epoxide rings is 1. The number of amides is 7. The van der Waals surface area contributed by atoms with Gasteiger partial charge in [-0.2, -0.15) is 0 Å². The van der Waals surface area contributed by atoms with Crippen molar-refractivity contribution in [1.82, 2.24) is 37.2 Å². The molecule has 7 N–H and O–H groups in total. The van der Waals surface area contributed by atoms with Crippen LogP contribution in [-0.2, 0) is 60.8 Å². The number of cyclic esters (lactones) is 1. The molecule has 3 aliphatic rings. The quantitative estimate of drug-likeness (QED) is 0.0767. The molecule has 2 aromatic rings. The summed E-state index contributed by atoms with van der Waals surface area (Å²) in [7, 11) is 3.02. The summed E-state index contributed by atoms with van der Waals surface area (Å²) >= 11 is 6.43. The molecule has 0 radical (unpaired) electrons. The fraction of sp³-hybridized carbons (Fsp3) is 0.585. The number of ether oxygens (including phenoxy) is 3. The van der Waals surface area contributed by atoms with E-state index in [2.05, 4.69) is 37.2 Å². The van der Waals surface area contributed by atoms with E-state index >= 15 is 0 Å². The molecular formula is C53H74ClN7O11. The van der Waals surface area contributed by atoms with Gasteiger partial charge in [-0.1, -0.05) is 82.6 Å². The number of methoxy groups -OCH3 is 1. The molecular weight excluding hydrogens is 946 g/mol. The minimum atomic E-state index is -1.15. The van der Waals surface area contributed by atoms with Crippen molar-refractivity contribution in [2.24, 2.45) is 23.2 Å². The lowest BCUT2D eigenvalue weighted by molar-refractivity contribution is -0.157. The molecule has 0 aromatic heterocycles. The molecule has 1 saturated heterocycles. The lowest BCUT2D eigenvalue weighted by atomic mass is 9.80. The second kappa shape index (κ2) is 25.1. The van der Waals surface area contributed by atoms with Gasteiger partial charge in [0, 0.05) is 45.2 Å². The van der Waals surface area contributed by atoms with Crippen molar-refractivity contribution in [3.05, 3.63) is 76.3 Å². The van der Waals surface area contributed by atoms with Crippen molar-refractivity contribution in [1.29, 1.82) is 0 Å². The van der Waals surface area contributed by atoms with Crippen LogP contribution >= 0.6 is 11.6 Å². The molecule has 2 aliphatic heterocycles. The Morgan fingerprint density at radius 2 is 1.53 bits per heavy atom. The van der Waals surface area contributed by atoms with Crippen LogP contribution in [0.2, 0.25) is 5.02 Å². The van der Waals surface area contributed by atoms with Crippen LogP contribution in [0.25, 0.3) is 0 Å². The van der Waals surface area contributed by atoms with E-state index in [4.69, 9.17) is 25.8 Å². The maximum Gasteiger partial charge on any atom is 0.328 e. The van der Waals surface area contributed by atoms with Crippen LogP contribution in [0.5, 0.6) is 5.75 Å². The number of esters is 1. The van der Waals surface area contributed by atoms with Gasteiger partial charge in [0.15, 0.2) is 0 Å². The number of halogens is 1. The molecule has 0 bridgehead atoms.